The Hall–Kier alpha value is -0.240. The Bertz CT molecular complexity index is 312. The number of halogens is 2. The maximum absolute atomic E-state index is 6.12. The number of rotatable bonds is 4. The highest BCUT2D eigenvalue weighted by molar-refractivity contribution is 6.35. The average molecular weight is 246 g/mol. The summed E-state index contributed by atoms with van der Waals surface area (Å²) in [7, 11) is 0. The molecule has 1 atom stereocenters. The lowest BCUT2D eigenvalue weighted by atomic mass is 9.81. The predicted molar refractivity (Wildman–Crippen MR) is 67.6 cm³/mol. The van der Waals surface area contributed by atoms with Gasteiger partial charge in [0.25, 0.3) is 0 Å². The number of hydrogen-bond acceptors (Lipinski definition) is 1. The van der Waals surface area contributed by atoms with Gasteiger partial charge in [-0.1, -0.05) is 43.1 Å². The third-order valence-corrected chi connectivity index (χ3v) is 3.72. The van der Waals surface area contributed by atoms with E-state index in [9.17, 15) is 0 Å². The maximum atomic E-state index is 6.12. The van der Waals surface area contributed by atoms with Crippen LogP contribution >= 0.6 is 23.2 Å². The molecule has 84 valence electrons. The zero-order valence-corrected chi connectivity index (χ0v) is 10.7. The summed E-state index contributed by atoms with van der Waals surface area (Å²) in [5.74, 6) is 0. The van der Waals surface area contributed by atoms with Crippen molar-refractivity contribution >= 4 is 23.2 Å². The Morgan fingerprint density at radius 2 is 1.80 bits per heavy atom. The van der Waals surface area contributed by atoms with Crippen molar-refractivity contribution < 1.29 is 0 Å². The summed E-state index contributed by atoms with van der Waals surface area (Å²) >= 11 is 12.2. The summed E-state index contributed by atoms with van der Waals surface area (Å²) < 4.78 is 0. The van der Waals surface area contributed by atoms with Crippen LogP contribution in [0.3, 0.4) is 0 Å². The Morgan fingerprint density at radius 3 is 2.20 bits per heavy atom. The molecule has 1 aromatic rings. The van der Waals surface area contributed by atoms with Gasteiger partial charge in [0.1, 0.15) is 0 Å². The van der Waals surface area contributed by atoms with E-state index in [2.05, 4.69) is 13.8 Å². The lowest BCUT2D eigenvalue weighted by molar-refractivity contribution is 0.320. The van der Waals surface area contributed by atoms with Crippen molar-refractivity contribution in [1.29, 1.82) is 0 Å². The van der Waals surface area contributed by atoms with Crippen LogP contribution in [0.2, 0.25) is 10.0 Å². The van der Waals surface area contributed by atoms with E-state index >= 15 is 0 Å². The Kier molecular flexibility index (Phi) is 4.45. The van der Waals surface area contributed by atoms with Crippen LogP contribution < -0.4 is 5.73 Å². The molecule has 0 saturated heterocycles. The highest BCUT2D eigenvalue weighted by Crippen LogP contribution is 2.32. The van der Waals surface area contributed by atoms with E-state index in [0.717, 1.165) is 28.5 Å². The third-order valence-electron chi connectivity index (χ3n) is 3.01. The first-order chi connectivity index (χ1) is 7.02. The van der Waals surface area contributed by atoms with Crippen molar-refractivity contribution in [2.45, 2.75) is 26.7 Å². The van der Waals surface area contributed by atoms with E-state index in [-0.39, 0.29) is 5.41 Å². The fourth-order valence-corrected chi connectivity index (χ4v) is 2.00. The zero-order valence-electron chi connectivity index (χ0n) is 9.19. The summed E-state index contributed by atoms with van der Waals surface area (Å²) in [5, 5.41) is 1.46. The Labute approximate surface area is 102 Å². The minimum Gasteiger partial charge on any atom is -0.330 e. The van der Waals surface area contributed by atoms with E-state index in [4.69, 9.17) is 28.9 Å². The van der Waals surface area contributed by atoms with E-state index in [1.54, 1.807) is 0 Å². The molecule has 1 rings (SSSR count). The van der Waals surface area contributed by atoms with Gasteiger partial charge in [-0.3, -0.25) is 0 Å². The molecule has 1 nitrogen and oxygen atoms in total. The first-order valence-electron chi connectivity index (χ1n) is 5.15. The summed E-state index contributed by atoms with van der Waals surface area (Å²) in [6.45, 7) is 4.94. The molecule has 0 amide bonds. The van der Waals surface area contributed by atoms with Crippen LogP contribution in [0.5, 0.6) is 0 Å². The molecule has 2 N–H and O–H groups in total. The van der Waals surface area contributed by atoms with Gasteiger partial charge in [-0.15, -0.1) is 0 Å². The van der Waals surface area contributed by atoms with E-state index in [0.29, 0.717) is 6.54 Å². The second-order valence-corrected chi connectivity index (χ2v) is 5.06. The van der Waals surface area contributed by atoms with Crippen molar-refractivity contribution in [2.75, 3.05) is 6.54 Å². The van der Waals surface area contributed by atoms with Gasteiger partial charge < -0.3 is 5.73 Å². The molecule has 0 spiro atoms. The molecular weight excluding hydrogens is 229 g/mol. The highest BCUT2D eigenvalue weighted by Gasteiger charge is 2.23. The number of benzene rings is 1. The molecule has 0 radical (unpaired) electrons. The van der Waals surface area contributed by atoms with Gasteiger partial charge in [0.2, 0.25) is 0 Å². The normalized spacial score (nSPS) is 15.0. The summed E-state index contributed by atoms with van der Waals surface area (Å²) in [6.07, 6.45) is 1.85. The largest absolute Gasteiger partial charge is 0.330 e. The smallest absolute Gasteiger partial charge is 0.0453 e. The maximum Gasteiger partial charge on any atom is 0.0453 e. The van der Waals surface area contributed by atoms with E-state index in [1.165, 1.54) is 0 Å². The minimum atomic E-state index is 0.0780. The fourth-order valence-electron chi connectivity index (χ4n) is 1.47. The molecule has 0 saturated carbocycles. The molecule has 0 aliphatic rings. The molecule has 1 aromatic carbocycles. The summed E-state index contributed by atoms with van der Waals surface area (Å²) in [5.41, 5.74) is 6.87. The molecule has 0 bridgehead atoms. The molecule has 0 aliphatic carbocycles. The lowest BCUT2D eigenvalue weighted by Crippen LogP contribution is -2.29. The monoisotopic (exact) mass is 245 g/mol. The van der Waals surface area contributed by atoms with Crippen LogP contribution in [0.15, 0.2) is 18.2 Å². The summed E-state index contributed by atoms with van der Waals surface area (Å²) in [6, 6.07) is 5.60. The minimum absolute atomic E-state index is 0.0780. The molecule has 0 aliphatic heterocycles. The fraction of sp³-hybridized carbons (Fsp3) is 0.500. The van der Waals surface area contributed by atoms with Crippen LogP contribution in [-0.2, 0) is 6.42 Å². The van der Waals surface area contributed by atoms with Crippen LogP contribution in [0.4, 0.5) is 0 Å². The van der Waals surface area contributed by atoms with Gasteiger partial charge in [-0.25, -0.2) is 0 Å². The standard InChI is InChI=1S/C12H17Cl2N/c1-3-12(2,8-15)7-9-10(13)5-4-6-11(9)14/h4-6H,3,7-8,15H2,1-2H3. The van der Waals surface area contributed by atoms with Gasteiger partial charge in [0.05, 0.1) is 0 Å². The topological polar surface area (TPSA) is 26.0 Å². The van der Waals surface area contributed by atoms with Crippen molar-refractivity contribution in [3.05, 3.63) is 33.8 Å². The van der Waals surface area contributed by atoms with Crippen molar-refractivity contribution in [3.8, 4) is 0 Å². The SMILES string of the molecule is CCC(C)(CN)Cc1c(Cl)cccc1Cl. The van der Waals surface area contributed by atoms with Gasteiger partial charge in [-0.05, 0) is 42.5 Å². The van der Waals surface area contributed by atoms with Crippen LogP contribution in [0.25, 0.3) is 0 Å². The predicted octanol–water partition coefficient (Wildman–Crippen LogP) is 3.91. The van der Waals surface area contributed by atoms with Gasteiger partial charge >= 0.3 is 0 Å². The van der Waals surface area contributed by atoms with E-state index in [1.807, 2.05) is 18.2 Å². The van der Waals surface area contributed by atoms with Crippen molar-refractivity contribution in [1.82, 2.24) is 0 Å². The highest BCUT2D eigenvalue weighted by atomic mass is 35.5. The van der Waals surface area contributed by atoms with Crippen LogP contribution in [-0.4, -0.2) is 6.54 Å². The first kappa shape index (κ1) is 12.8. The van der Waals surface area contributed by atoms with Crippen molar-refractivity contribution in [3.63, 3.8) is 0 Å². The molecule has 0 heterocycles. The lowest BCUT2D eigenvalue weighted by Gasteiger charge is -2.27. The van der Waals surface area contributed by atoms with Crippen LogP contribution in [0, 0.1) is 5.41 Å². The number of hydrogen-bond donors (Lipinski definition) is 1. The third kappa shape index (κ3) is 3.10. The molecule has 0 aromatic heterocycles. The van der Waals surface area contributed by atoms with Crippen molar-refractivity contribution in [2.24, 2.45) is 11.1 Å². The second kappa shape index (κ2) is 5.20. The quantitative estimate of drug-likeness (QED) is 0.856. The molecular formula is C12H17Cl2N. The zero-order chi connectivity index (χ0) is 11.5. The molecule has 1 unspecified atom stereocenters. The van der Waals surface area contributed by atoms with E-state index < -0.39 is 0 Å². The summed E-state index contributed by atoms with van der Waals surface area (Å²) in [4.78, 5) is 0. The van der Waals surface area contributed by atoms with Gasteiger partial charge in [-0.2, -0.15) is 0 Å². The molecule has 0 fully saturated rings. The molecule has 15 heavy (non-hydrogen) atoms. The van der Waals surface area contributed by atoms with Crippen LogP contribution in [0.1, 0.15) is 25.8 Å². The molecule has 3 heteroatoms. The number of nitrogens with two attached hydrogens (primary N) is 1. The second-order valence-electron chi connectivity index (χ2n) is 4.25. The van der Waals surface area contributed by atoms with Gasteiger partial charge in [0, 0.05) is 10.0 Å². The average Bonchev–Trinajstić information content (AvgIpc) is 2.23. The Morgan fingerprint density at radius 1 is 1.27 bits per heavy atom. The first-order valence-corrected chi connectivity index (χ1v) is 5.91. The van der Waals surface area contributed by atoms with Gasteiger partial charge in [0.15, 0.2) is 0 Å². The Balaban J connectivity index is 2.98.